The number of hydrogen-bond acceptors (Lipinski definition) is 4. The molecule has 2 N–H and O–H groups in total. The van der Waals surface area contributed by atoms with Gasteiger partial charge in [0.15, 0.2) is 0 Å². The molecule has 3 rings (SSSR count). The van der Waals surface area contributed by atoms with Crippen LogP contribution in [0.2, 0.25) is 0 Å². The first kappa shape index (κ1) is 32.4. The lowest BCUT2D eigenvalue weighted by Crippen LogP contribution is -2.56. The van der Waals surface area contributed by atoms with Gasteiger partial charge in [0.05, 0.1) is 0 Å². The van der Waals surface area contributed by atoms with E-state index in [0.717, 1.165) is 27.8 Å². The van der Waals surface area contributed by atoms with Gasteiger partial charge in [0, 0.05) is 19.0 Å². The Balaban J connectivity index is 2.06. The number of nitrogens with zero attached hydrogens (tertiary/aromatic N) is 1. The van der Waals surface area contributed by atoms with Crippen molar-refractivity contribution < 1.29 is 19.1 Å². The molecule has 0 saturated carbocycles. The lowest BCUT2D eigenvalue weighted by atomic mass is 9.94. The molecule has 0 aliphatic heterocycles. The van der Waals surface area contributed by atoms with Gasteiger partial charge < -0.3 is 20.3 Å². The zero-order valence-corrected chi connectivity index (χ0v) is 25.9. The van der Waals surface area contributed by atoms with Crippen molar-refractivity contribution in [2.45, 2.75) is 91.6 Å². The third kappa shape index (κ3) is 9.20. The van der Waals surface area contributed by atoms with Crippen LogP contribution in [0.15, 0.2) is 78.9 Å². The van der Waals surface area contributed by atoms with Gasteiger partial charge in [0.2, 0.25) is 11.8 Å². The fourth-order valence-corrected chi connectivity index (χ4v) is 4.91. The van der Waals surface area contributed by atoms with Crippen LogP contribution in [-0.4, -0.2) is 40.5 Å². The monoisotopic (exact) mass is 571 g/mol. The predicted molar refractivity (Wildman–Crippen MR) is 167 cm³/mol. The Kier molecular flexibility index (Phi) is 11.3. The van der Waals surface area contributed by atoms with Crippen LogP contribution in [0, 0.1) is 13.8 Å². The van der Waals surface area contributed by atoms with Gasteiger partial charge in [-0.15, -0.1) is 0 Å². The second kappa shape index (κ2) is 14.7. The van der Waals surface area contributed by atoms with Crippen LogP contribution >= 0.6 is 0 Å². The molecule has 42 heavy (non-hydrogen) atoms. The summed E-state index contributed by atoms with van der Waals surface area (Å²) in [5, 5.41) is 5.89. The van der Waals surface area contributed by atoms with Crippen molar-refractivity contribution in [2.75, 3.05) is 0 Å². The number of carbonyl (C=O) groups is 3. The van der Waals surface area contributed by atoms with Crippen LogP contribution in [0.25, 0.3) is 0 Å². The minimum Gasteiger partial charge on any atom is -0.444 e. The molecule has 7 heteroatoms. The van der Waals surface area contributed by atoms with Crippen LogP contribution in [0.4, 0.5) is 4.79 Å². The van der Waals surface area contributed by atoms with Crippen molar-refractivity contribution >= 4 is 17.9 Å². The summed E-state index contributed by atoms with van der Waals surface area (Å²) in [5.74, 6) is -0.630. The molecule has 0 saturated heterocycles. The van der Waals surface area contributed by atoms with Crippen LogP contribution in [0.1, 0.15) is 74.9 Å². The molecule has 3 atom stereocenters. The SMILES string of the molecule is CCC(C)N(C(=O)C(Cc1ccccc1)NC(=O)OC(C)(C)C)C(C(=O)NCc1ccccc1)c1ccc(C)cc1C. The average molecular weight is 572 g/mol. The second-order valence-corrected chi connectivity index (χ2v) is 11.9. The summed E-state index contributed by atoms with van der Waals surface area (Å²) in [6, 6.07) is 22.9. The molecule has 3 aromatic rings. The summed E-state index contributed by atoms with van der Waals surface area (Å²) in [5.41, 5.74) is 3.83. The van der Waals surface area contributed by atoms with Gasteiger partial charge in [-0.1, -0.05) is 91.3 Å². The lowest BCUT2D eigenvalue weighted by Gasteiger charge is -2.39. The van der Waals surface area contributed by atoms with E-state index < -0.39 is 23.8 Å². The van der Waals surface area contributed by atoms with Crippen molar-refractivity contribution in [3.05, 3.63) is 107 Å². The molecule has 7 nitrogen and oxygen atoms in total. The van der Waals surface area contributed by atoms with Crippen LogP contribution in [0.5, 0.6) is 0 Å². The largest absolute Gasteiger partial charge is 0.444 e. The van der Waals surface area contributed by atoms with Crippen LogP contribution in [-0.2, 0) is 27.3 Å². The van der Waals surface area contributed by atoms with Gasteiger partial charge in [-0.05, 0) is 70.2 Å². The van der Waals surface area contributed by atoms with Gasteiger partial charge in [-0.3, -0.25) is 9.59 Å². The van der Waals surface area contributed by atoms with Crippen molar-refractivity contribution in [3.8, 4) is 0 Å². The Bertz CT molecular complexity index is 1340. The predicted octanol–water partition coefficient (Wildman–Crippen LogP) is 6.42. The summed E-state index contributed by atoms with van der Waals surface area (Å²) in [6.45, 7) is 13.5. The molecule has 0 aliphatic rings. The number of rotatable bonds is 11. The highest BCUT2D eigenvalue weighted by atomic mass is 16.6. The number of alkyl carbamates (subject to hydrolysis) is 1. The number of aryl methyl sites for hydroxylation is 2. The third-order valence-corrected chi connectivity index (χ3v) is 7.15. The molecule has 0 heterocycles. The van der Waals surface area contributed by atoms with E-state index in [1.54, 1.807) is 25.7 Å². The van der Waals surface area contributed by atoms with E-state index in [-0.39, 0.29) is 24.3 Å². The standard InChI is InChI=1S/C35H45N3O4/c1-8-26(4)38(33(40)30(22-27-15-11-9-12-16-27)37-34(41)42-35(5,6)7)31(29-20-19-24(2)21-25(29)3)32(39)36-23-28-17-13-10-14-18-28/h9-21,26,30-31H,8,22-23H2,1-7H3,(H,36,39)(H,37,41). The minimum absolute atomic E-state index is 0.247. The molecular formula is C35H45N3O4. The summed E-state index contributed by atoms with van der Waals surface area (Å²) in [6.07, 6.45) is 0.179. The van der Waals surface area contributed by atoms with E-state index in [2.05, 4.69) is 10.6 Å². The Morgan fingerprint density at radius 1 is 0.881 bits per heavy atom. The van der Waals surface area contributed by atoms with Crippen LogP contribution in [0.3, 0.4) is 0 Å². The molecule has 224 valence electrons. The van der Waals surface area contributed by atoms with Gasteiger partial charge in [0.25, 0.3) is 0 Å². The Morgan fingerprint density at radius 3 is 2.02 bits per heavy atom. The number of nitrogens with one attached hydrogen (secondary N) is 2. The van der Waals surface area contributed by atoms with Gasteiger partial charge in [0.1, 0.15) is 17.7 Å². The quantitative estimate of drug-likeness (QED) is 0.278. The van der Waals surface area contributed by atoms with Crippen molar-refractivity contribution in [3.63, 3.8) is 0 Å². The lowest BCUT2D eigenvalue weighted by molar-refractivity contribution is -0.145. The van der Waals surface area contributed by atoms with E-state index in [1.165, 1.54) is 0 Å². The van der Waals surface area contributed by atoms with E-state index in [1.807, 2.05) is 107 Å². The van der Waals surface area contributed by atoms with Gasteiger partial charge >= 0.3 is 6.09 Å². The van der Waals surface area contributed by atoms with Crippen molar-refractivity contribution in [1.29, 1.82) is 0 Å². The van der Waals surface area contributed by atoms with Gasteiger partial charge in [-0.2, -0.15) is 0 Å². The zero-order valence-electron chi connectivity index (χ0n) is 25.9. The van der Waals surface area contributed by atoms with E-state index in [0.29, 0.717) is 13.0 Å². The molecule has 0 bridgehead atoms. The molecule has 3 unspecified atom stereocenters. The highest BCUT2D eigenvalue weighted by molar-refractivity contribution is 5.92. The first-order valence-corrected chi connectivity index (χ1v) is 14.6. The van der Waals surface area contributed by atoms with E-state index >= 15 is 0 Å². The Labute approximate surface area is 250 Å². The maximum absolute atomic E-state index is 14.6. The van der Waals surface area contributed by atoms with E-state index in [4.69, 9.17) is 4.74 Å². The molecule has 0 aliphatic carbocycles. The van der Waals surface area contributed by atoms with Gasteiger partial charge in [-0.25, -0.2) is 4.79 Å². The topological polar surface area (TPSA) is 87.7 Å². The third-order valence-electron chi connectivity index (χ3n) is 7.15. The normalized spacial score (nSPS) is 13.4. The summed E-state index contributed by atoms with van der Waals surface area (Å²) in [4.78, 5) is 43.3. The number of amides is 3. The maximum Gasteiger partial charge on any atom is 0.408 e. The highest BCUT2D eigenvalue weighted by Gasteiger charge is 2.39. The van der Waals surface area contributed by atoms with Crippen molar-refractivity contribution in [1.82, 2.24) is 15.5 Å². The smallest absolute Gasteiger partial charge is 0.408 e. The fourth-order valence-electron chi connectivity index (χ4n) is 4.91. The van der Waals surface area contributed by atoms with Crippen molar-refractivity contribution in [2.24, 2.45) is 0 Å². The average Bonchev–Trinajstić information content (AvgIpc) is 2.94. The molecule has 0 radical (unpaired) electrons. The molecule has 0 aromatic heterocycles. The maximum atomic E-state index is 14.6. The molecule has 0 fully saturated rings. The summed E-state index contributed by atoms with van der Waals surface area (Å²) >= 11 is 0. The number of carbonyl (C=O) groups excluding carboxylic acids is 3. The zero-order chi connectivity index (χ0) is 30.9. The Morgan fingerprint density at radius 2 is 1.48 bits per heavy atom. The second-order valence-electron chi connectivity index (χ2n) is 11.9. The molecule has 0 spiro atoms. The molecule has 3 amide bonds. The summed E-state index contributed by atoms with van der Waals surface area (Å²) < 4.78 is 5.53. The highest BCUT2D eigenvalue weighted by Crippen LogP contribution is 2.29. The number of ether oxygens (including phenoxy) is 1. The number of benzene rings is 3. The molecular weight excluding hydrogens is 526 g/mol. The Hall–Kier alpha value is -4.13. The number of hydrogen-bond donors (Lipinski definition) is 2. The van der Waals surface area contributed by atoms with E-state index in [9.17, 15) is 14.4 Å². The first-order chi connectivity index (χ1) is 19.9. The molecule has 3 aromatic carbocycles. The fraction of sp³-hybridized carbons (Fsp3) is 0.400. The summed E-state index contributed by atoms with van der Waals surface area (Å²) in [7, 11) is 0. The minimum atomic E-state index is -0.952. The van der Waals surface area contributed by atoms with Crippen LogP contribution < -0.4 is 10.6 Å². The first-order valence-electron chi connectivity index (χ1n) is 14.6.